The molecule has 0 fully saturated rings. The maximum atomic E-state index is 11.5. The number of hydrogen-bond donors (Lipinski definition) is 1. The molecule has 0 spiro atoms. The van der Waals surface area contributed by atoms with Crippen LogP contribution >= 0.6 is 0 Å². The van der Waals surface area contributed by atoms with Crippen LogP contribution in [0.15, 0.2) is 30.8 Å². The standard InChI is InChI=1S/C14H19NO2/c1-4-11(3)15-14(16)10-17-13-9-7-6-8-12(13)5-2/h5-9,11H,2,4,10H2,1,3H3,(H,15,16). The van der Waals surface area contributed by atoms with E-state index in [1.54, 1.807) is 6.08 Å². The van der Waals surface area contributed by atoms with Crippen molar-refractivity contribution in [2.45, 2.75) is 26.3 Å². The first-order chi connectivity index (χ1) is 8.17. The van der Waals surface area contributed by atoms with E-state index in [-0.39, 0.29) is 18.6 Å². The molecule has 0 saturated heterocycles. The molecule has 17 heavy (non-hydrogen) atoms. The SMILES string of the molecule is C=Cc1ccccc1OCC(=O)NC(C)CC. The Morgan fingerprint density at radius 2 is 2.24 bits per heavy atom. The van der Waals surface area contributed by atoms with Crippen molar-refractivity contribution in [2.75, 3.05) is 6.61 Å². The predicted octanol–water partition coefficient (Wildman–Crippen LogP) is 2.62. The number of nitrogens with one attached hydrogen (secondary N) is 1. The van der Waals surface area contributed by atoms with Crippen molar-refractivity contribution < 1.29 is 9.53 Å². The molecule has 1 aromatic carbocycles. The van der Waals surface area contributed by atoms with Gasteiger partial charge in [0.05, 0.1) is 0 Å². The van der Waals surface area contributed by atoms with Crippen molar-refractivity contribution in [3.63, 3.8) is 0 Å². The van der Waals surface area contributed by atoms with E-state index >= 15 is 0 Å². The minimum Gasteiger partial charge on any atom is -0.483 e. The van der Waals surface area contributed by atoms with Crippen molar-refractivity contribution >= 4 is 12.0 Å². The Kier molecular flexibility index (Phi) is 5.27. The third-order valence-electron chi connectivity index (χ3n) is 2.52. The Labute approximate surface area is 102 Å². The Hall–Kier alpha value is -1.77. The van der Waals surface area contributed by atoms with Gasteiger partial charge >= 0.3 is 0 Å². The lowest BCUT2D eigenvalue weighted by molar-refractivity contribution is -0.123. The second kappa shape index (κ2) is 6.74. The lowest BCUT2D eigenvalue weighted by atomic mass is 10.2. The topological polar surface area (TPSA) is 38.3 Å². The summed E-state index contributed by atoms with van der Waals surface area (Å²) in [6, 6.07) is 7.68. The summed E-state index contributed by atoms with van der Waals surface area (Å²) in [5.41, 5.74) is 0.892. The van der Waals surface area contributed by atoms with Crippen LogP contribution in [0.5, 0.6) is 5.75 Å². The molecular weight excluding hydrogens is 214 g/mol. The quantitative estimate of drug-likeness (QED) is 0.820. The van der Waals surface area contributed by atoms with Crippen LogP contribution < -0.4 is 10.1 Å². The van der Waals surface area contributed by atoms with Crippen LogP contribution in [-0.2, 0) is 4.79 Å². The van der Waals surface area contributed by atoms with Crippen molar-refractivity contribution in [3.8, 4) is 5.75 Å². The summed E-state index contributed by atoms with van der Waals surface area (Å²) in [7, 11) is 0. The van der Waals surface area contributed by atoms with Gasteiger partial charge in [-0.15, -0.1) is 0 Å². The molecule has 1 aromatic rings. The number of benzene rings is 1. The smallest absolute Gasteiger partial charge is 0.258 e. The molecule has 0 aliphatic carbocycles. The predicted molar refractivity (Wildman–Crippen MR) is 69.9 cm³/mol. The summed E-state index contributed by atoms with van der Waals surface area (Å²) < 4.78 is 5.45. The van der Waals surface area contributed by atoms with E-state index in [1.807, 2.05) is 38.1 Å². The normalized spacial score (nSPS) is 11.6. The number of hydrogen-bond acceptors (Lipinski definition) is 2. The third kappa shape index (κ3) is 4.31. The fraction of sp³-hybridized carbons (Fsp3) is 0.357. The highest BCUT2D eigenvalue weighted by molar-refractivity contribution is 5.78. The molecule has 1 rings (SSSR count). The average molecular weight is 233 g/mol. The molecule has 92 valence electrons. The fourth-order valence-electron chi connectivity index (χ4n) is 1.34. The third-order valence-corrected chi connectivity index (χ3v) is 2.52. The van der Waals surface area contributed by atoms with Crippen LogP contribution in [0.2, 0.25) is 0 Å². The second-order valence-electron chi connectivity index (χ2n) is 3.91. The Morgan fingerprint density at radius 3 is 2.88 bits per heavy atom. The second-order valence-corrected chi connectivity index (χ2v) is 3.91. The molecule has 0 aromatic heterocycles. The van der Waals surface area contributed by atoms with Gasteiger partial charge in [0.25, 0.3) is 5.91 Å². The van der Waals surface area contributed by atoms with Gasteiger partial charge < -0.3 is 10.1 Å². The first-order valence-electron chi connectivity index (χ1n) is 5.81. The molecule has 0 aliphatic rings. The van der Waals surface area contributed by atoms with Crippen molar-refractivity contribution in [1.82, 2.24) is 5.32 Å². The summed E-state index contributed by atoms with van der Waals surface area (Å²) in [5, 5.41) is 2.85. The van der Waals surface area contributed by atoms with Crippen LogP contribution in [0.4, 0.5) is 0 Å². The number of carbonyl (C=O) groups excluding carboxylic acids is 1. The fourth-order valence-corrected chi connectivity index (χ4v) is 1.34. The molecule has 3 nitrogen and oxygen atoms in total. The number of rotatable bonds is 6. The van der Waals surface area contributed by atoms with Gasteiger partial charge in [0, 0.05) is 11.6 Å². The van der Waals surface area contributed by atoms with Gasteiger partial charge in [0.1, 0.15) is 5.75 Å². The van der Waals surface area contributed by atoms with Gasteiger partial charge in [0.2, 0.25) is 0 Å². The summed E-state index contributed by atoms with van der Waals surface area (Å²) in [6.07, 6.45) is 2.62. The van der Waals surface area contributed by atoms with E-state index in [4.69, 9.17) is 4.74 Å². The lowest BCUT2D eigenvalue weighted by Crippen LogP contribution is -2.35. The van der Waals surface area contributed by atoms with E-state index in [0.717, 1.165) is 12.0 Å². The van der Waals surface area contributed by atoms with Crippen LogP contribution in [0.1, 0.15) is 25.8 Å². The van der Waals surface area contributed by atoms with Crippen molar-refractivity contribution in [1.29, 1.82) is 0 Å². The highest BCUT2D eigenvalue weighted by Gasteiger charge is 2.07. The van der Waals surface area contributed by atoms with E-state index in [2.05, 4.69) is 11.9 Å². The van der Waals surface area contributed by atoms with Gasteiger partial charge in [-0.3, -0.25) is 4.79 Å². The molecule has 0 heterocycles. The zero-order valence-electron chi connectivity index (χ0n) is 10.4. The summed E-state index contributed by atoms with van der Waals surface area (Å²) in [5.74, 6) is 0.583. The van der Waals surface area contributed by atoms with E-state index in [9.17, 15) is 4.79 Å². The van der Waals surface area contributed by atoms with Gasteiger partial charge in [-0.05, 0) is 19.4 Å². The van der Waals surface area contributed by atoms with Crippen molar-refractivity contribution in [2.24, 2.45) is 0 Å². The maximum Gasteiger partial charge on any atom is 0.258 e. The van der Waals surface area contributed by atoms with Crippen molar-refractivity contribution in [3.05, 3.63) is 36.4 Å². The van der Waals surface area contributed by atoms with E-state index in [1.165, 1.54) is 0 Å². The molecule has 1 unspecified atom stereocenters. The van der Waals surface area contributed by atoms with Gasteiger partial charge in [-0.1, -0.05) is 37.8 Å². The zero-order valence-corrected chi connectivity index (χ0v) is 10.4. The van der Waals surface area contributed by atoms with Crippen LogP contribution in [0.3, 0.4) is 0 Å². The highest BCUT2D eigenvalue weighted by atomic mass is 16.5. The number of ether oxygens (including phenoxy) is 1. The average Bonchev–Trinajstić information content (AvgIpc) is 2.36. The molecule has 1 amide bonds. The molecule has 1 atom stereocenters. The summed E-state index contributed by atoms with van der Waals surface area (Å²) in [6.45, 7) is 7.73. The van der Waals surface area contributed by atoms with Crippen LogP contribution in [-0.4, -0.2) is 18.6 Å². The van der Waals surface area contributed by atoms with Gasteiger partial charge in [-0.2, -0.15) is 0 Å². The molecule has 3 heteroatoms. The zero-order chi connectivity index (χ0) is 12.7. The first-order valence-corrected chi connectivity index (χ1v) is 5.81. The van der Waals surface area contributed by atoms with Crippen LogP contribution in [0.25, 0.3) is 6.08 Å². The van der Waals surface area contributed by atoms with E-state index < -0.39 is 0 Å². The Morgan fingerprint density at radius 1 is 1.53 bits per heavy atom. The highest BCUT2D eigenvalue weighted by Crippen LogP contribution is 2.18. The Balaban J connectivity index is 2.50. The largest absolute Gasteiger partial charge is 0.483 e. The molecular formula is C14H19NO2. The lowest BCUT2D eigenvalue weighted by Gasteiger charge is -2.13. The van der Waals surface area contributed by atoms with E-state index in [0.29, 0.717) is 5.75 Å². The number of para-hydroxylation sites is 1. The minimum atomic E-state index is -0.0989. The number of carbonyl (C=O) groups is 1. The summed E-state index contributed by atoms with van der Waals surface area (Å²) >= 11 is 0. The van der Waals surface area contributed by atoms with Gasteiger partial charge in [-0.25, -0.2) is 0 Å². The minimum absolute atomic E-state index is 0.0369. The Bertz CT molecular complexity index is 388. The monoisotopic (exact) mass is 233 g/mol. The maximum absolute atomic E-state index is 11.5. The molecule has 1 N–H and O–H groups in total. The van der Waals surface area contributed by atoms with Crippen LogP contribution in [0, 0.1) is 0 Å². The molecule has 0 bridgehead atoms. The first kappa shape index (κ1) is 13.3. The molecule has 0 saturated carbocycles. The van der Waals surface area contributed by atoms with Gasteiger partial charge in [0.15, 0.2) is 6.61 Å². The molecule has 0 radical (unpaired) electrons. The summed E-state index contributed by atoms with van der Waals surface area (Å²) in [4.78, 5) is 11.5. The number of amides is 1. The molecule has 0 aliphatic heterocycles.